The summed E-state index contributed by atoms with van der Waals surface area (Å²) in [7, 11) is 0. The van der Waals surface area contributed by atoms with E-state index in [1.165, 1.54) is 0 Å². The lowest BCUT2D eigenvalue weighted by atomic mass is 10.1. The number of hydrogen-bond acceptors (Lipinski definition) is 5. The fourth-order valence-electron chi connectivity index (χ4n) is 2.18. The minimum Gasteiger partial charge on any atom is -0.361 e. The topological polar surface area (TPSA) is 78.9 Å². The summed E-state index contributed by atoms with van der Waals surface area (Å²) in [5.74, 6) is 2.23. The molecule has 5 nitrogen and oxygen atoms in total. The lowest BCUT2D eigenvalue weighted by molar-refractivity contribution is -0.120. The second-order valence-electron chi connectivity index (χ2n) is 5.15. The molecule has 0 aliphatic rings. The largest absolute Gasteiger partial charge is 0.361 e. The molecule has 1 heterocycles. The van der Waals surface area contributed by atoms with Gasteiger partial charge in [-0.05, 0) is 25.5 Å². The Morgan fingerprint density at radius 3 is 2.87 bits per heavy atom. The van der Waals surface area contributed by atoms with Gasteiger partial charge in [0.25, 0.3) is 0 Å². The number of nitrogens with zero attached hydrogens (tertiary/aromatic N) is 2. The Hall–Kier alpha value is -2.26. The zero-order valence-corrected chi connectivity index (χ0v) is 14.1. The summed E-state index contributed by atoms with van der Waals surface area (Å²) in [4.78, 5) is 11.9. The van der Waals surface area contributed by atoms with Gasteiger partial charge in [0.2, 0.25) is 5.91 Å². The minimum atomic E-state index is -0.0302. The standard InChI is InChI=1S/C17H19N3O2S/c1-12-16(13(2)22-20-12)9-17(21)19-7-8-23-11-15-6-4-3-5-14(15)10-18/h3-6H,7-9,11H2,1-2H3,(H,19,21). The molecule has 0 atom stereocenters. The number of benzene rings is 1. The summed E-state index contributed by atoms with van der Waals surface area (Å²) in [6.07, 6.45) is 0.295. The second-order valence-corrected chi connectivity index (χ2v) is 6.26. The summed E-state index contributed by atoms with van der Waals surface area (Å²) >= 11 is 1.70. The van der Waals surface area contributed by atoms with Gasteiger partial charge in [0, 0.05) is 23.6 Å². The van der Waals surface area contributed by atoms with E-state index in [4.69, 9.17) is 9.78 Å². The van der Waals surface area contributed by atoms with Gasteiger partial charge in [-0.1, -0.05) is 23.4 Å². The van der Waals surface area contributed by atoms with Crippen molar-refractivity contribution in [2.45, 2.75) is 26.0 Å². The van der Waals surface area contributed by atoms with Crippen molar-refractivity contribution in [1.82, 2.24) is 10.5 Å². The Balaban J connectivity index is 1.69. The molecule has 1 amide bonds. The van der Waals surface area contributed by atoms with E-state index in [0.717, 1.165) is 28.3 Å². The van der Waals surface area contributed by atoms with Crippen molar-refractivity contribution >= 4 is 17.7 Å². The maximum atomic E-state index is 11.9. The predicted octanol–water partition coefficient (Wildman–Crippen LogP) is 2.76. The van der Waals surface area contributed by atoms with Gasteiger partial charge < -0.3 is 9.84 Å². The van der Waals surface area contributed by atoms with Gasteiger partial charge >= 0.3 is 0 Å². The van der Waals surface area contributed by atoms with E-state index in [9.17, 15) is 4.79 Å². The molecule has 0 bridgehead atoms. The highest BCUT2D eigenvalue weighted by molar-refractivity contribution is 7.98. The highest BCUT2D eigenvalue weighted by atomic mass is 32.2. The van der Waals surface area contributed by atoms with Crippen LogP contribution in [0.3, 0.4) is 0 Å². The molecule has 1 aromatic heterocycles. The first-order valence-corrected chi connectivity index (χ1v) is 8.51. The van der Waals surface area contributed by atoms with Crippen molar-refractivity contribution in [3.05, 3.63) is 52.4 Å². The Bertz CT molecular complexity index is 699. The van der Waals surface area contributed by atoms with Crippen molar-refractivity contribution in [2.24, 2.45) is 0 Å². The average Bonchev–Trinajstić information content (AvgIpc) is 2.87. The number of carbonyl (C=O) groups excluding carboxylic acids is 1. The van der Waals surface area contributed by atoms with Crippen molar-refractivity contribution in [3.63, 3.8) is 0 Å². The van der Waals surface area contributed by atoms with E-state index >= 15 is 0 Å². The van der Waals surface area contributed by atoms with E-state index in [2.05, 4.69) is 16.5 Å². The van der Waals surface area contributed by atoms with Crippen molar-refractivity contribution < 1.29 is 9.32 Å². The van der Waals surface area contributed by atoms with Crippen LogP contribution in [0.4, 0.5) is 0 Å². The van der Waals surface area contributed by atoms with E-state index in [0.29, 0.717) is 24.3 Å². The Morgan fingerprint density at radius 2 is 2.17 bits per heavy atom. The number of nitriles is 1. The third-order valence-corrected chi connectivity index (χ3v) is 4.49. The second kappa shape index (κ2) is 8.39. The highest BCUT2D eigenvalue weighted by Gasteiger charge is 2.12. The number of aryl methyl sites for hydroxylation is 2. The smallest absolute Gasteiger partial charge is 0.224 e. The first kappa shape index (κ1) is 17.1. The van der Waals surface area contributed by atoms with Crippen LogP contribution in [0, 0.1) is 25.2 Å². The van der Waals surface area contributed by atoms with Crippen LogP contribution in [0.15, 0.2) is 28.8 Å². The van der Waals surface area contributed by atoms with Gasteiger partial charge in [0.1, 0.15) is 5.76 Å². The lowest BCUT2D eigenvalue weighted by Gasteiger charge is -2.06. The van der Waals surface area contributed by atoms with Crippen LogP contribution in [0.2, 0.25) is 0 Å². The summed E-state index contributed by atoms with van der Waals surface area (Å²) in [6, 6.07) is 9.77. The number of amides is 1. The normalized spacial score (nSPS) is 10.3. The molecule has 0 radical (unpaired) electrons. The van der Waals surface area contributed by atoms with E-state index in [1.807, 2.05) is 38.1 Å². The van der Waals surface area contributed by atoms with Gasteiger partial charge in [0.05, 0.1) is 23.7 Å². The third-order valence-electron chi connectivity index (χ3n) is 3.48. The maximum Gasteiger partial charge on any atom is 0.224 e. The third kappa shape index (κ3) is 4.86. The van der Waals surface area contributed by atoms with E-state index in [-0.39, 0.29) is 5.91 Å². The Labute approximate surface area is 140 Å². The maximum absolute atomic E-state index is 11.9. The summed E-state index contributed by atoms with van der Waals surface area (Å²) in [6.45, 7) is 4.24. The molecule has 1 aromatic carbocycles. The molecular formula is C17H19N3O2S. The number of nitrogens with one attached hydrogen (secondary N) is 1. The average molecular weight is 329 g/mol. The SMILES string of the molecule is Cc1noc(C)c1CC(=O)NCCSCc1ccccc1C#N. The van der Waals surface area contributed by atoms with E-state index in [1.54, 1.807) is 11.8 Å². The molecule has 23 heavy (non-hydrogen) atoms. The molecule has 0 aliphatic heterocycles. The quantitative estimate of drug-likeness (QED) is 0.790. The zero-order chi connectivity index (χ0) is 16.7. The van der Waals surface area contributed by atoms with Gasteiger partial charge in [-0.15, -0.1) is 0 Å². The molecule has 0 spiro atoms. The molecule has 0 unspecified atom stereocenters. The van der Waals surface area contributed by atoms with Gasteiger partial charge in [0.15, 0.2) is 0 Å². The molecular weight excluding hydrogens is 310 g/mol. The van der Waals surface area contributed by atoms with Crippen molar-refractivity contribution in [2.75, 3.05) is 12.3 Å². The molecule has 1 N–H and O–H groups in total. The van der Waals surface area contributed by atoms with Crippen LogP contribution < -0.4 is 5.32 Å². The molecule has 6 heteroatoms. The monoisotopic (exact) mass is 329 g/mol. The zero-order valence-electron chi connectivity index (χ0n) is 13.3. The lowest BCUT2D eigenvalue weighted by Crippen LogP contribution is -2.27. The number of aromatic nitrogens is 1. The van der Waals surface area contributed by atoms with Crippen LogP contribution in [0.1, 0.15) is 28.1 Å². The molecule has 120 valence electrons. The van der Waals surface area contributed by atoms with Crippen molar-refractivity contribution in [1.29, 1.82) is 5.26 Å². The number of rotatable bonds is 7. The Kier molecular flexibility index (Phi) is 6.24. The molecule has 0 saturated carbocycles. The van der Waals surface area contributed by atoms with Crippen LogP contribution >= 0.6 is 11.8 Å². The fourth-order valence-corrected chi connectivity index (χ4v) is 3.04. The van der Waals surface area contributed by atoms with Gasteiger partial charge in [-0.25, -0.2) is 0 Å². The van der Waals surface area contributed by atoms with Crippen molar-refractivity contribution in [3.8, 4) is 6.07 Å². The molecule has 0 saturated heterocycles. The molecule has 2 aromatic rings. The first-order valence-electron chi connectivity index (χ1n) is 7.36. The van der Waals surface area contributed by atoms with Crippen LogP contribution in [0.25, 0.3) is 0 Å². The first-order chi connectivity index (χ1) is 11.1. The minimum absolute atomic E-state index is 0.0302. The van der Waals surface area contributed by atoms with Gasteiger partial charge in [-0.2, -0.15) is 17.0 Å². The van der Waals surface area contributed by atoms with Crippen LogP contribution in [-0.2, 0) is 17.0 Å². The number of hydrogen-bond donors (Lipinski definition) is 1. The van der Waals surface area contributed by atoms with Gasteiger partial charge in [-0.3, -0.25) is 4.79 Å². The highest BCUT2D eigenvalue weighted by Crippen LogP contribution is 2.16. The van der Waals surface area contributed by atoms with E-state index < -0.39 is 0 Å². The number of thioether (sulfide) groups is 1. The molecule has 0 fully saturated rings. The van der Waals surface area contributed by atoms with Crippen LogP contribution in [-0.4, -0.2) is 23.4 Å². The molecule has 2 rings (SSSR count). The fraction of sp³-hybridized carbons (Fsp3) is 0.353. The molecule has 0 aliphatic carbocycles. The predicted molar refractivity (Wildman–Crippen MR) is 90.0 cm³/mol. The Morgan fingerprint density at radius 1 is 1.39 bits per heavy atom. The summed E-state index contributed by atoms with van der Waals surface area (Å²) in [5.41, 5.74) is 3.36. The summed E-state index contributed by atoms with van der Waals surface area (Å²) < 4.78 is 5.05. The van der Waals surface area contributed by atoms with Crippen LogP contribution in [0.5, 0.6) is 0 Å². The summed E-state index contributed by atoms with van der Waals surface area (Å²) in [5, 5.41) is 15.8. The number of carbonyl (C=O) groups is 1.